The normalized spacial score (nSPS) is 47.5. The van der Waals surface area contributed by atoms with Gasteiger partial charge in [-0.2, -0.15) is 0 Å². The van der Waals surface area contributed by atoms with Crippen LogP contribution in [0.4, 0.5) is 0 Å². The van der Waals surface area contributed by atoms with Gasteiger partial charge in [0.2, 0.25) is 0 Å². The van der Waals surface area contributed by atoms with Crippen molar-refractivity contribution in [2.75, 3.05) is 11.5 Å². The summed E-state index contributed by atoms with van der Waals surface area (Å²) in [5, 5.41) is 0. The van der Waals surface area contributed by atoms with Crippen LogP contribution in [0.2, 0.25) is 0 Å². The van der Waals surface area contributed by atoms with Crippen molar-refractivity contribution in [2.45, 2.75) is 19.8 Å². The van der Waals surface area contributed by atoms with Crippen molar-refractivity contribution < 1.29 is 8.42 Å². The number of fused-ring (bicyclic) bond motifs is 1. The standard InChI is InChI=1S/C8H14O2S/c1-6-2-3-7-4-11(9,10)5-8(6)7/h6-8H,2-5H2,1H3. The highest BCUT2D eigenvalue weighted by Gasteiger charge is 2.43. The van der Waals surface area contributed by atoms with Gasteiger partial charge in [0.25, 0.3) is 0 Å². The molecular weight excluding hydrogens is 160 g/mol. The minimum Gasteiger partial charge on any atom is -0.229 e. The van der Waals surface area contributed by atoms with E-state index < -0.39 is 9.84 Å². The molecule has 0 radical (unpaired) electrons. The zero-order valence-corrected chi connectivity index (χ0v) is 7.60. The summed E-state index contributed by atoms with van der Waals surface area (Å²) in [7, 11) is -2.64. The summed E-state index contributed by atoms with van der Waals surface area (Å²) in [4.78, 5) is 0. The Morgan fingerprint density at radius 3 is 2.55 bits per heavy atom. The molecule has 1 aliphatic heterocycles. The molecule has 64 valence electrons. The van der Waals surface area contributed by atoms with Crippen LogP contribution in [0.25, 0.3) is 0 Å². The summed E-state index contributed by atoms with van der Waals surface area (Å²) >= 11 is 0. The van der Waals surface area contributed by atoms with E-state index in [0.29, 0.717) is 29.3 Å². The van der Waals surface area contributed by atoms with Gasteiger partial charge in [0.15, 0.2) is 9.84 Å². The van der Waals surface area contributed by atoms with Crippen molar-refractivity contribution in [3.8, 4) is 0 Å². The molecule has 2 nitrogen and oxygen atoms in total. The highest BCUT2D eigenvalue weighted by Crippen LogP contribution is 2.42. The van der Waals surface area contributed by atoms with E-state index in [1.165, 1.54) is 6.42 Å². The topological polar surface area (TPSA) is 34.1 Å². The summed E-state index contributed by atoms with van der Waals surface area (Å²) in [5.41, 5.74) is 0. The van der Waals surface area contributed by atoms with Crippen molar-refractivity contribution in [3.63, 3.8) is 0 Å². The predicted molar refractivity (Wildman–Crippen MR) is 44.0 cm³/mol. The van der Waals surface area contributed by atoms with Crippen LogP contribution in [0, 0.1) is 17.8 Å². The highest BCUT2D eigenvalue weighted by molar-refractivity contribution is 7.91. The second-order valence-corrected chi connectivity index (χ2v) is 6.21. The van der Waals surface area contributed by atoms with Gasteiger partial charge in [-0.25, -0.2) is 8.42 Å². The first-order valence-electron chi connectivity index (χ1n) is 4.29. The van der Waals surface area contributed by atoms with Crippen LogP contribution in [0.15, 0.2) is 0 Å². The lowest BCUT2D eigenvalue weighted by Crippen LogP contribution is -2.10. The summed E-state index contributed by atoms with van der Waals surface area (Å²) in [6.45, 7) is 2.19. The van der Waals surface area contributed by atoms with E-state index in [1.54, 1.807) is 0 Å². The van der Waals surface area contributed by atoms with Gasteiger partial charge in [-0.1, -0.05) is 13.3 Å². The van der Waals surface area contributed by atoms with Gasteiger partial charge < -0.3 is 0 Å². The first-order chi connectivity index (χ1) is 5.08. The third-order valence-corrected chi connectivity index (χ3v) is 5.07. The molecule has 2 rings (SSSR count). The van der Waals surface area contributed by atoms with Crippen molar-refractivity contribution in [1.82, 2.24) is 0 Å². The third kappa shape index (κ3) is 1.19. The number of hydrogen-bond donors (Lipinski definition) is 0. The van der Waals surface area contributed by atoms with Crippen LogP contribution in [0.1, 0.15) is 19.8 Å². The molecule has 3 unspecified atom stereocenters. The molecule has 2 fully saturated rings. The lowest BCUT2D eigenvalue weighted by atomic mass is 9.94. The van der Waals surface area contributed by atoms with E-state index in [4.69, 9.17) is 0 Å². The molecule has 0 bridgehead atoms. The summed E-state index contributed by atoms with van der Waals surface area (Å²) in [5.74, 6) is 2.60. The molecule has 0 N–H and O–H groups in total. The maximum atomic E-state index is 11.2. The minimum atomic E-state index is -2.64. The van der Waals surface area contributed by atoms with Crippen LogP contribution in [0.3, 0.4) is 0 Å². The fourth-order valence-corrected chi connectivity index (χ4v) is 4.95. The molecule has 0 spiro atoms. The Hall–Kier alpha value is -0.0500. The summed E-state index contributed by atoms with van der Waals surface area (Å²) in [6, 6.07) is 0. The minimum absolute atomic E-state index is 0.471. The van der Waals surface area contributed by atoms with Gasteiger partial charge in [-0.05, 0) is 24.2 Å². The molecule has 0 aromatic carbocycles. The lowest BCUT2D eigenvalue weighted by Gasteiger charge is -2.10. The summed E-state index contributed by atoms with van der Waals surface area (Å²) in [6.07, 6.45) is 2.38. The SMILES string of the molecule is CC1CCC2CS(=O)(=O)CC12. The number of hydrogen-bond acceptors (Lipinski definition) is 2. The van der Waals surface area contributed by atoms with E-state index in [9.17, 15) is 8.42 Å². The Balaban J connectivity index is 2.22. The maximum absolute atomic E-state index is 11.2. The molecule has 0 aromatic heterocycles. The lowest BCUT2D eigenvalue weighted by molar-refractivity contribution is 0.407. The van der Waals surface area contributed by atoms with Crippen molar-refractivity contribution in [2.24, 2.45) is 17.8 Å². The third-order valence-electron chi connectivity index (χ3n) is 3.24. The molecule has 2 aliphatic rings. The molecule has 0 aromatic rings. The van der Waals surface area contributed by atoms with E-state index in [1.807, 2.05) is 0 Å². The van der Waals surface area contributed by atoms with Crippen LogP contribution in [-0.2, 0) is 9.84 Å². The fourth-order valence-electron chi connectivity index (χ4n) is 2.56. The zero-order valence-electron chi connectivity index (χ0n) is 6.79. The van der Waals surface area contributed by atoms with E-state index >= 15 is 0 Å². The van der Waals surface area contributed by atoms with E-state index in [0.717, 1.165) is 6.42 Å². The number of rotatable bonds is 0. The second kappa shape index (κ2) is 2.22. The largest absolute Gasteiger partial charge is 0.229 e. The van der Waals surface area contributed by atoms with Crippen LogP contribution in [0.5, 0.6) is 0 Å². The van der Waals surface area contributed by atoms with Crippen LogP contribution in [-0.4, -0.2) is 19.9 Å². The monoisotopic (exact) mass is 174 g/mol. The second-order valence-electron chi connectivity index (χ2n) is 4.06. The quantitative estimate of drug-likeness (QED) is 0.550. The molecule has 0 amide bonds. The molecular formula is C8H14O2S. The Morgan fingerprint density at radius 1 is 1.18 bits per heavy atom. The van der Waals surface area contributed by atoms with Crippen molar-refractivity contribution >= 4 is 9.84 Å². The molecule has 1 heterocycles. The fraction of sp³-hybridized carbons (Fsp3) is 1.00. The van der Waals surface area contributed by atoms with Gasteiger partial charge in [0.1, 0.15) is 0 Å². The average molecular weight is 174 g/mol. The Kier molecular flexibility index (Phi) is 1.53. The van der Waals surface area contributed by atoms with Crippen LogP contribution < -0.4 is 0 Å². The van der Waals surface area contributed by atoms with Gasteiger partial charge in [-0.3, -0.25) is 0 Å². The van der Waals surface area contributed by atoms with Crippen molar-refractivity contribution in [1.29, 1.82) is 0 Å². The van der Waals surface area contributed by atoms with Gasteiger partial charge in [-0.15, -0.1) is 0 Å². The molecule has 11 heavy (non-hydrogen) atoms. The van der Waals surface area contributed by atoms with Crippen LogP contribution >= 0.6 is 0 Å². The molecule has 3 heteroatoms. The molecule has 1 aliphatic carbocycles. The van der Waals surface area contributed by atoms with Gasteiger partial charge in [0, 0.05) is 0 Å². The highest BCUT2D eigenvalue weighted by atomic mass is 32.2. The zero-order chi connectivity index (χ0) is 8.06. The van der Waals surface area contributed by atoms with Crippen molar-refractivity contribution in [3.05, 3.63) is 0 Å². The van der Waals surface area contributed by atoms with E-state index in [-0.39, 0.29) is 0 Å². The smallest absolute Gasteiger partial charge is 0.150 e. The van der Waals surface area contributed by atoms with Gasteiger partial charge in [0.05, 0.1) is 11.5 Å². The Bertz CT molecular complexity index is 255. The molecule has 1 saturated heterocycles. The first kappa shape index (κ1) is 7.59. The molecule has 1 saturated carbocycles. The molecule has 3 atom stereocenters. The Morgan fingerprint density at radius 2 is 1.91 bits per heavy atom. The summed E-state index contributed by atoms with van der Waals surface area (Å²) < 4.78 is 22.4. The average Bonchev–Trinajstić information content (AvgIpc) is 2.31. The Labute approximate surface area is 67.9 Å². The maximum Gasteiger partial charge on any atom is 0.150 e. The number of sulfone groups is 1. The first-order valence-corrected chi connectivity index (χ1v) is 6.11. The van der Waals surface area contributed by atoms with Gasteiger partial charge >= 0.3 is 0 Å². The van der Waals surface area contributed by atoms with E-state index in [2.05, 4.69) is 6.92 Å². The predicted octanol–water partition coefficient (Wildman–Crippen LogP) is 1.08.